The summed E-state index contributed by atoms with van der Waals surface area (Å²) in [6.07, 6.45) is 0. The van der Waals surface area contributed by atoms with Gasteiger partial charge < -0.3 is 0 Å². The van der Waals surface area contributed by atoms with Crippen molar-refractivity contribution < 1.29 is 32.7 Å². The minimum atomic E-state index is 0. The Balaban J connectivity index is 0.000000490. The zero-order valence-electron chi connectivity index (χ0n) is 4.26. The van der Waals surface area contributed by atoms with E-state index in [9.17, 15) is 0 Å². The maximum absolute atomic E-state index is 3.02. The van der Waals surface area contributed by atoms with Crippen molar-refractivity contribution in [3.8, 4) is 0 Å². The summed E-state index contributed by atoms with van der Waals surface area (Å²) in [5, 5.41) is 0. The molecule has 1 rings (SSSR count). The molecule has 2 heteroatoms. The van der Waals surface area contributed by atoms with E-state index < -0.39 is 0 Å². The average molecular weight is 292 g/mol. The fourth-order valence-electron chi connectivity index (χ4n) is 0.371. The molecule has 1 radical (unpaired) electrons. The van der Waals surface area contributed by atoms with Crippen molar-refractivity contribution in [3.05, 3.63) is 33.9 Å². The first kappa shape index (κ1) is 9.05. The molecule has 0 N–H and O–H groups in total. The number of hydrogen-bond donors (Lipinski definition) is 0. The molecule has 0 fully saturated rings. The van der Waals surface area contributed by atoms with Crippen molar-refractivity contribution in [1.82, 2.24) is 0 Å². The first-order chi connectivity index (χ1) is 3.39. The number of benzene rings is 1. The Labute approximate surface area is 88.1 Å². The average Bonchev–Trinajstić information content (AvgIpc) is 1.69. The molecule has 0 saturated carbocycles. The first-order valence-electron chi connectivity index (χ1n) is 2.02. The van der Waals surface area contributed by atoms with Crippen LogP contribution in [0, 0.1) is 9.64 Å². The molecule has 1 aromatic rings. The Morgan fingerprint density at radius 3 is 2.38 bits per heavy atom. The van der Waals surface area contributed by atoms with Crippen LogP contribution in [0.15, 0.2) is 24.3 Å². The molecule has 0 heterocycles. The Hall–Kier alpha value is 1.05. The van der Waals surface area contributed by atoms with Crippen molar-refractivity contribution >= 4 is 22.6 Å². The molecular formula is C6H4IY-. The van der Waals surface area contributed by atoms with E-state index in [1.165, 1.54) is 3.57 Å². The minimum Gasteiger partial charge on any atom is -0.176 e. The van der Waals surface area contributed by atoms with Crippen LogP contribution < -0.4 is 0 Å². The summed E-state index contributed by atoms with van der Waals surface area (Å²) in [4.78, 5) is 0. The molecule has 0 atom stereocenters. The van der Waals surface area contributed by atoms with Crippen LogP contribution in [-0.4, -0.2) is 0 Å². The smallest absolute Gasteiger partial charge is 0 e. The first-order valence-corrected chi connectivity index (χ1v) is 3.10. The number of halogens is 1. The SMILES string of the molecule is Ic1[c-]cccc1.[Y]. The quantitative estimate of drug-likeness (QED) is 0.507. The fourth-order valence-corrected chi connectivity index (χ4v) is 0.759. The molecule has 0 aromatic heterocycles. The van der Waals surface area contributed by atoms with Gasteiger partial charge in [-0.3, -0.25) is 0 Å². The second-order valence-electron chi connectivity index (χ2n) is 1.21. The van der Waals surface area contributed by atoms with Gasteiger partial charge in [0.15, 0.2) is 0 Å². The van der Waals surface area contributed by atoms with E-state index in [-0.39, 0.29) is 32.7 Å². The summed E-state index contributed by atoms with van der Waals surface area (Å²) >= 11 is 2.22. The predicted molar refractivity (Wildman–Crippen MR) is 38.0 cm³/mol. The Bertz CT molecular complexity index is 138. The van der Waals surface area contributed by atoms with Gasteiger partial charge in [0, 0.05) is 32.7 Å². The van der Waals surface area contributed by atoms with Crippen molar-refractivity contribution in [3.63, 3.8) is 0 Å². The van der Waals surface area contributed by atoms with Gasteiger partial charge in [-0.25, -0.2) is 0 Å². The van der Waals surface area contributed by atoms with Crippen molar-refractivity contribution in [2.75, 3.05) is 0 Å². The van der Waals surface area contributed by atoms with Crippen LogP contribution in [0.5, 0.6) is 0 Å². The third kappa shape index (κ3) is 3.15. The zero-order chi connectivity index (χ0) is 5.11. The van der Waals surface area contributed by atoms with Gasteiger partial charge in [-0.1, -0.05) is 22.6 Å². The van der Waals surface area contributed by atoms with E-state index >= 15 is 0 Å². The molecule has 0 aliphatic rings. The normalized spacial score (nSPS) is 7.62. The summed E-state index contributed by atoms with van der Waals surface area (Å²) < 4.78 is 1.17. The van der Waals surface area contributed by atoms with Crippen LogP contribution in [-0.2, 0) is 32.7 Å². The van der Waals surface area contributed by atoms with Crippen LogP contribution in [0.4, 0.5) is 0 Å². The van der Waals surface area contributed by atoms with Gasteiger partial charge >= 0.3 is 0 Å². The maximum atomic E-state index is 3.02. The number of hydrogen-bond acceptors (Lipinski definition) is 0. The third-order valence-corrected chi connectivity index (χ3v) is 1.34. The zero-order valence-corrected chi connectivity index (χ0v) is 9.26. The molecule has 1 aromatic carbocycles. The van der Waals surface area contributed by atoms with Gasteiger partial charge in [0.1, 0.15) is 0 Å². The molecule has 0 amide bonds. The topological polar surface area (TPSA) is 0 Å². The molecule has 0 saturated heterocycles. The van der Waals surface area contributed by atoms with Crippen LogP contribution in [0.3, 0.4) is 0 Å². The second-order valence-corrected chi connectivity index (χ2v) is 2.37. The Morgan fingerprint density at radius 1 is 1.38 bits per heavy atom. The summed E-state index contributed by atoms with van der Waals surface area (Å²) in [6.45, 7) is 0. The summed E-state index contributed by atoms with van der Waals surface area (Å²) in [5.41, 5.74) is 0. The second kappa shape index (κ2) is 4.89. The van der Waals surface area contributed by atoms with Gasteiger partial charge in [-0.05, 0) is 0 Å². The van der Waals surface area contributed by atoms with Crippen molar-refractivity contribution in [2.45, 2.75) is 0 Å². The predicted octanol–water partition coefficient (Wildman–Crippen LogP) is 2.09. The van der Waals surface area contributed by atoms with Gasteiger partial charge in [-0.15, -0.1) is 3.57 Å². The van der Waals surface area contributed by atoms with Gasteiger partial charge in [-0.2, -0.15) is 30.3 Å². The van der Waals surface area contributed by atoms with E-state index in [0.29, 0.717) is 0 Å². The van der Waals surface area contributed by atoms with E-state index in [2.05, 4.69) is 28.7 Å². The van der Waals surface area contributed by atoms with Gasteiger partial charge in [0.05, 0.1) is 0 Å². The molecule has 39 valence electrons. The van der Waals surface area contributed by atoms with Crippen LogP contribution in [0.1, 0.15) is 0 Å². The van der Waals surface area contributed by atoms with Crippen LogP contribution in [0.2, 0.25) is 0 Å². The summed E-state index contributed by atoms with van der Waals surface area (Å²) in [5.74, 6) is 0. The summed E-state index contributed by atoms with van der Waals surface area (Å²) in [6, 6.07) is 10.9. The minimum absolute atomic E-state index is 0. The maximum Gasteiger partial charge on any atom is 0 e. The third-order valence-electron chi connectivity index (χ3n) is 0.671. The van der Waals surface area contributed by atoms with E-state index in [4.69, 9.17) is 0 Å². The van der Waals surface area contributed by atoms with Gasteiger partial charge in [0.25, 0.3) is 0 Å². The standard InChI is InChI=1S/C6H4I.Y/c7-6-4-2-1-3-5-6;/h1-4H;/q-1;. The fraction of sp³-hybridized carbons (Fsp3) is 0. The van der Waals surface area contributed by atoms with Crippen molar-refractivity contribution in [2.24, 2.45) is 0 Å². The molecule has 0 aliphatic heterocycles. The molecule has 0 unspecified atom stereocenters. The van der Waals surface area contributed by atoms with Crippen LogP contribution in [0.25, 0.3) is 0 Å². The van der Waals surface area contributed by atoms with E-state index in [0.717, 1.165) is 0 Å². The molecule has 8 heavy (non-hydrogen) atoms. The molecule has 0 aliphatic carbocycles. The van der Waals surface area contributed by atoms with E-state index in [1.807, 2.05) is 24.3 Å². The monoisotopic (exact) mass is 292 g/mol. The van der Waals surface area contributed by atoms with Crippen molar-refractivity contribution in [1.29, 1.82) is 0 Å². The van der Waals surface area contributed by atoms with Gasteiger partial charge in [0.2, 0.25) is 0 Å². The molecule has 0 bridgehead atoms. The number of rotatable bonds is 0. The summed E-state index contributed by atoms with van der Waals surface area (Å²) in [7, 11) is 0. The largest absolute Gasteiger partial charge is 0.176 e. The molecule has 0 spiro atoms. The van der Waals surface area contributed by atoms with Crippen LogP contribution >= 0.6 is 22.6 Å². The van der Waals surface area contributed by atoms with E-state index in [1.54, 1.807) is 0 Å². The molecular weight excluding hydrogens is 288 g/mol. The Morgan fingerprint density at radius 2 is 2.12 bits per heavy atom. The molecule has 0 nitrogen and oxygen atoms in total. The Kier molecular flexibility index (Phi) is 5.53.